The van der Waals surface area contributed by atoms with Crippen LogP contribution in [-0.2, 0) is 6.54 Å². The van der Waals surface area contributed by atoms with Gasteiger partial charge in [0, 0.05) is 32.9 Å². The Morgan fingerprint density at radius 2 is 1.90 bits per heavy atom. The first-order valence-corrected chi connectivity index (χ1v) is 10.1. The van der Waals surface area contributed by atoms with Gasteiger partial charge in [0.1, 0.15) is 5.76 Å². The van der Waals surface area contributed by atoms with Crippen molar-refractivity contribution in [3.63, 3.8) is 0 Å². The van der Waals surface area contributed by atoms with Gasteiger partial charge in [0.15, 0.2) is 0 Å². The van der Waals surface area contributed by atoms with Gasteiger partial charge in [-0.15, -0.1) is 0 Å². The van der Waals surface area contributed by atoms with E-state index < -0.39 is 0 Å². The van der Waals surface area contributed by atoms with Gasteiger partial charge in [-0.25, -0.2) is 4.79 Å². The fourth-order valence-corrected chi connectivity index (χ4v) is 2.86. The van der Waals surface area contributed by atoms with Gasteiger partial charge in [-0.05, 0) is 43.2 Å². The van der Waals surface area contributed by atoms with Crippen LogP contribution in [0.15, 0.2) is 41.0 Å². The van der Waals surface area contributed by atoms with Crippen molar-refractivity contribution in [2.45, 2.75) is 39.7 Å². The van der Waals surface area contributed by atoms with Crippen LogP contribution in [0.3, 0.4) is 0 Å². The number of unbranched alkanes of at least 4 members (excludes halogenated alkanes) is 1. The zero-order chi connectivity index (χ0) is 21.2. The number of hydrogen-bond donors (Lipinski definition) is 2. The van der Waals surface area contributed by atoms with Gasteiger partial charge in [-0.3, -0.25) is 4.79 Å². The largest absolute Gasteiger partial charge is 0.467 e. The van der Waals surface area contributed by atoms with E-state index in [1.165, 1.54) is 4.90 Å². The molecule has 7 heteroatoms. The molecule has 0 bridgehead atoms. The van der Waals surface area contributed by atoms with Crippen molar-refractivity contribution >= 4 is 23.3 Å². The number of anilines is 2. The van der Waals surface area contributed by atoms with Gasteiger partial charge in [0.2, 0.25) is 0 Å². The van der Waals surface area contributed by atoms with Crippen LogP contribution in [0.5, 0.6) is 0 Å². The van der Waals surface area contributed by atoms with Crippen LogP contribution < -0.4 is 15.5 Å². The molecule has 0 saturated heterocycles. The molecule has 29 heavy (non-hydrogen) atoms. The van der Waals surface area contributed by atoms with Crippen molar-refractivity contribution < 1.29 is 14.0 Å². The predicted molar refractivity (Wildman–Crippen MR) is 116 cm³/mol. The zero-order valence-electron chi connectivity index (χ0n) is 17.8. The van der Waals surface area contributed by atoms with E-state index in [1.54, 1.807) is 26.4 Å². The van der Waals surface area contributed by atoms with Crippen LogP contribution in [0.25, 0.3) is 0 Å². The molecule has 1 heterocycles. The lowest BCUT2D eigenvalue weighted by atomic mass is 10.1. The molecule has 0 unspecified atom stereocenters. The van der Waals surface area contributed by atoms with E-state index >= 15 is 0 Å². The monoisotopic (exact) mass is 400 g/mol. The smallest absolute Gasteiger partial charge is 0.321 e. The lowest BCUT2D eigenvalue weighted by molar-refractivity contribution is 0.0954. The third-order valence-corrected chi connectivity index (χ3v) is 4.48. The Labute approximate surface area is 173 Å². The molecule has 0 aliphatic carbocycles. The Hall–Kier alpha value is -2.96. The molecule has 2 rings (SSSR count). The summed E-state index contributed by atoms with van der Waals surface area (Å²) in [4.78, 5) is 28.5. The zero-order valence-corrected chi connectivity index (χ0v) is 17.8. The van der Waals surface area contributed by atoms with Crippen LogP contribution in [0, 0.1) is 0 Å². The SMILES string of the molecule is CCCCN(Cc1ccco1)c1ccc(NC(=O)N(C)C)cc1C(=O)NCCC. The molecule has 0 fully saturated rings. The summed E-state index contributed by atoms with van der Waals surface area (Å²) in [6.07, 6.45) is 4.55. The second-order valence-corrected chi connectivity index (χ2v) is 7.17. The maximum absolute atomic E-state index is 12.9. The summed E-state index contributed by atoms with van der Waals surface area (Å²) in [7, 11) is 3.35. The Bertz CT molecular complexity index is 787. The van der Waals surface area contributed by atoms with E-state index in [1.807, 2.05) is 31.2 Å². The molecular formula is C22H32N4O3. The highest BCUT2D eigenvalue weighted by atomic mass is 16.3. The first-order valence-electron chi connectivity index (χ1n) is 10.1. The highest BCUT2D eigenvalue weighted by molar-refractivity contribution is 6.02. The summed E-state index contributed by atoms with van der Waals surface area (Å²) in [5.41, 5.74) is 1.95. The van der Waals surface area contributed by atoms with E-state index in [-0.39, 0.29) is 11.9 Å². The summed E-state index contributed by atoms with van der Waals surface area (Å²) in [5, 5.41) is 5.77. The molecule has 0 aliphatic rings. The second kappa shape index (κ2) is 11.1. The summed E-state index contributed by atoms with van der Waals surface area (Å²) in [6, 6.07) is 9.02. The van der Waals surface area contributed by atoms with E-state index in [4.69, 9.17) is 4.42 Å². The normalized spacial score (nSPS) is 10.5. The molecule has 2 aromatic rings. The average Bonchev–Trinajstić information content (AvgIpc) is 3.22. The maximum Gasteiger partial charge on any atom is 0.321 e. The summed E-state index contributed by atoms with van der Waals surface area (Å²) >= 11 is 0. The van der Waals surface area contributed by atoms with Crippen molar-refractivity contribution in [1.82, 2.24) is 10.2 Å². The van der Waals surface area contributed by atoms with Crippen molar-refractivity contribution in [2.75, 3.05) is 37.4 Å². The van der Waals surface area contributed by atoms with Crippen LogP contribution in [-0.4, -0.2) is 44.0 Å². The van der Waals surface area contributed by atoms with E-state index in [0.717, 1.165) is 37.3 Å². The predicted octanol–water partition coefficient (Wildman–Crippen LogP) is 4.32. The number of urea groups is 1. The molecule has 7 nitrogen and oxygen atoms in total. The number of hydrogen-bond acceptors (Lipinski definition) is 4. The molecule has 0 saturated carbocycles. The van der Waals surface area contributed by atoms with Crippen LogP contribution >= 0.6 is 0 Å². The van der Waals surface area contributed by atoms with Gasteiger partial charge in [0.25, 0.3) is 5.91 Å². The Morgan fingerprint density at radius 1 is 1.10 bits per heavy atom. The number of carbonyl (C=O) groups excluding carboxylic acids is 2. The molecule has 1 aromatic carbocycles. The van der Waals surface area contributed by atoms with Gasteiger partial charge < -0.3 is 24.9 Å². The number of nitrogens with zero attached hydrogens (tertiary/aromatic N) is 2. The van der Waals surface area contributed by atoms with E-state index in [9.17, 15) is 9.59 Å². The first kappa shape index (κ1) is 22.3. The molecule has 0 aliphatic heterocycles. The molecule has 1 aromatic heterocycles. The number of amides is 3. The maximum atomic E-state index is 12.9. The highest BCUT2D eigenvalue weighted by Gasteiger charge is 2.19. The molecule has 0 atom stereocenters. The molecule has 0 spiro atoms. The summed E-state index contributed by atoms with van der Waals surface area (Å²) in [5.74, 6) is 0.690. The topological polar surface area (TPSA) is 77.8 Å². The Kier molecular flexibility index (Phi) is 8.58. The van der Waals surface area contributed by atoms with Gasteiger partial charge in [0.05, 0.1) is 24.1 Å². The first-order chi connectivity index (χ1) is 14.0. The second-order valence-electron chi connectivity index (χ2n) is 7.17. The van der Waals surface area contributed by atoms with Gasteiger partial charge >= 0.3 is 6.03 Å². The number of carbonyl (C=O) groups is 2. The minimum atomic E-state index is -0.240. The molecule has 0 radical (unpaired) electrons. The van der Waals surface area contributed by atoms with Crippen molar-refractivity contribution in [2.24, 2.45) is 0 Å². The average molecular weight is 401 g/mol. The summed E-state index contributed by atoms with van der Waals surface area (Å²) < 4.78 is 5.53. The van der Waals surface area contributed by atoms with Crippen molar-refractivity contribution in [3.05, 3.63) is 47.9 Å². The molecule has 3 amide bonds. The minimum Gasteiger partial charge on any atom is -0.467 e. The van der Waals surface area contributed by atoms with Gasteiger partial charge in [-0.1, -0.05) is 20.3 Å². The number of benzene rings is 1. The van der Waals surface area contributed by atoms with E-state index in [0.29, 0.717) is 24.3 Å². The van der Waals surface area contributed by atoms with Crippen molar-refractivity contribution in [1.29, 1.82) is 0 Å². The van der Waals surface area contributed by atoms with Crippen molar-refractivity contribution in [3.8, 4) is 0 Å². The fraction of sp³-hybridized carbons (Fsp3) is 0.455. The van der Waals surface area contributed by atoms with Crippen LogP contribution in [0.1, 0.15) is 49.2 Å². The standard InChI is InChI=1S/C22H32N4O3/c1-5-7-13-26(16-18-9-8-14-29-18)20-11-10-17(24-22(28)25(3)4)15-19(20)21(27)23-12-6-2/h8-11,14-15H,5-7,12-13,16H2,1-4H3,(H,23,27)(H,24,28). The third-order valence-electron chi connectivity index (χ3n) is 4.48. The quantitative estimate of drug-likeness (QED) is 0.623. The summed E-state index contributed by atoms with van der Waals surface area (Å²) in [6.45, 7) is 6.12. The fourth-order valence-electron chi connectivity index (χ4n) is 2.86. The molecule has 2 N–H and O–H groups in total. The Balaban J connectivity index is 2.38. The minimum absolute atomic E-state index is 0.149. The molecular weight excluding hydrogens is 368 g/mol. The van der Waals surface area contributed by atoms with Crippen LogP contribution in [0.4, 0.5) is 16.2 Å². The van der Waals surface area contributed by atoms with Crippen LogP contribution in [0.2, 0.25) is 0 Å². The highest BCUT2D eigenvalue weighted by Crippen LogP contribution is 2.27. The number of nitrogens with one attached hydrogen (secondary N) is 2. The lowest BCUT2D eigenvalue weighted by Crippen LogP contribution is -2.31. The lowest BCUT2D eigenvalue weighted by Gasteiger charge is -2.26. The van der Waals surface area contributed by atoms with E-state index in [2.05, 4.69) is 22.5 Å². The third kappa shape index (κ3) is 6.55. The van der Waals surface area contributed by atoms with Gasteiger partial charge in [-0.2, -0.15) is 0 Å². The number of furan rings is 1. The Morgan fingerprint density at radius 3 is 2.52 bits per heavy atom. The molecule has 158 valence electrons. The number of rotatable bonds is 10.